The molecule has 0 fully saturated rings. The van der Waals surface area contributed by atoms with Gasteiger partial charge in [0, 0.05) is 30.3 Å². The fourth-order valence-electron chi connectivity index (χ4n) is 2.59. The molecule has 1 aliphatic rings. The van der Waals surface area contributed by atoms with E-state index in [2.05, 4.69) is 10.3 Å². The van der Waals surface area contributed by atoms with Crippen molar-refractivity contribution in [3.8, 4) is 5.88 Å². The lowest BCUT2D eigenvalue weighted by atomic mass is 10.1. The van der Waals surface area contributed by atoms with Gasteiger partial charge in [0.25, 0.3) is 0 Å². The minimum absolute atomic E-state index is 0.0104. The van der Waals surface area contributed by atoms with Crippen molar-refractivity contribution in [3.05, 3.63) is 38.7 Å². The zero-order valence-electron chi connectivity index (χ0n) is 14.4. The first-order valence-corrected chi connectivity index (χ1v) is 9.39. The summed E-state index contributed by atoms with van der Waals surface area (Å²) in [5.74, 6) is -1.55. The minimum atomic E-state index is -1.11. The van der Waals surface area contributed by atoms with Crippen LogP contribution in [0.1, 0.15) is 23.8 Å². The molecule has 9 heteroatoms. The van der Waals surface area contributed by atoms with Crippen LogP contribution in [0.4, 0.5) is 5.69 Å². The van der Waals surface area contributed by atoms with Crippen molar-refractivity contribution in [3.63, 3.8) is 0 Å². The minimum Gasteiger partial charge on any atom is -0.493 e. The van der Waals surface area contributed by atoms with Gasteiger partial charge in [0.05, 0.1) is 10.6 Å². The highest BCUT2D eigenvalue weighted by Gasteiger charge is 2.17. The Morgan fingerprint density at radius 1 is 1.41 bits per heavy atom. The van der Waals surface area contributed by atoms with Crippen LogP contribution in [0.2, 0.25) is 0 Å². The number of carboxylic acid groups (broad SMARTS) is 1. The van der Waals surface area contributed by atoms with Gasteiger partial charge in [-0.3, -0.25) is 19.1 Å². The summed E-state index contributed by atoms with van der Waals surface area (Å²) in [4.78, 5) is 27.5. The predicted molar refractivity (Wildman–Crippen MR) is 107 cm³/mol. The average Bonchev–Trinajstić information content (AvgIpc) is 3.15. The Hall–Kier alpha value is -2.78. The Kier molecular flexibility index (Phi) is 5.52. The summed E-state index contributed by atoms with van der Waals surface area (Å²) in [5.41, 5.74) is 2.72. The lowest BCUT2D eigenvalue weighted by Gasteiger charge is -2.09. The van der Waals surface area contributed by atoms with E-state index in [1.165, 1.54) is 22.8 Å². The Labute approximate surface area is 164 Å². The number of amides is 1. The molecule has 0 aliphatic carbocycles. The molecule has 3 N–H and O–H groups in total. The fourth-order valence-corrected chi connectivity index (χ4v) is 3.90. The number of fused-ring (bicyclic) bond motifs is 1. The molecule has 27 heavy (non-hydrogen) atoms. The van der Waals surface area contributed by atoms with E-state index >= 15 is 0 Å². The third-order valence-electron chi connectivity index (χ3n) is 4.05. The lowest BCUT2D eigenvalue weighted by molar-refractivity contribution is -0.141. The van der Waals surface area contributed by atoms with Crippen LogP contribution >= 0.6 is 23.6 Å². The van der Waals surface area contributed by atoms with Gasteiger partial charge in [0.1, 0.15) is 6.04 Å². The maximum absolute atomic E-state index is 11.8. The van der Waals surface area contributed by atoms with Crippen LogP contribution in [0.25, 0.3) is 11.6 Å². The molecule has 7 nitrogen and oxygen atoms in total. The zero-order chi connectivity index (χ0) is 19.6. The highest BCUT2D eigenvalue weighted by Crippen LogP contribution is 2.35. The summed E-state index contributed by atoms with van der Waals surface area (Å²) in [7, 11) is 0. The van der Waals surface area contributed by atoms with E-state index in [0.29, 0.717) is 8.83 Å². The highest BCUT2D eigenvalue weighted by molar-refractivity contribution is 7.73. The number of para-hydroxylation sites is 1. The second-order valence-electron chi connectivity index (χ2n) is 5.96. The van der Waals surface area contributed by atoms with Crippen molar-refractivity contribution < 1.29 is 19.8 Å². The summed E-state index contributed by atoms with van der Waals surface area (Å²) < 4.78 is 1.90. The molecule has 2 aromatic rings. The Morgan fingerprint density at radius 2 is 2.15 bits per heavy atom. The van der Waals surface area contributed by atoms with E-state index in [-0.39, 0.29) is 18.8 Å². The van der Waals surface area contributed by atoms with Crippen LogP contribution in [-0.2, 0) is 16.1 Å². The first kappa shape index (κ1) is 19.0. The molecule has 1 unspecified atom stereocenters. The number of hydrogen-bond acceptors (Lipinski definition) is 6. The molecule has 140 valence electrons. The molecular formula is C18H17N3O4S2. The number of aliphatic carboxylic acids is 1. The van der Waals surface area contributed by atoms with Crippen molar-refractivity contribution in [1.82, 2.24) is 9.88 Å². The Bertz CT molecular complexity index is 1020. The molecular weight excluding hydrogens is 386 g/mol. The largest absolute Gasteiger partial charge is 0.493 e. The number of hydrogen-bond donors (Lipinski definition) is 3. The summed E-state index contributed by atoms with van der Waals surface area (Å²) in [5, 5.41) is 21.7. The highest BCUT2D eigenvalue weighted by atomic mass is 32.1. The monoisotopic (exact) mass is 403 g/mol. The van der Waals surface area contributed by atoms with E-state index in [9.17, 15) is 14.7 Å². The smallest absolute Gasteiger partial charge is 0.325 e. The number of benzene rings is 1. The average molecular weight is 403 g/mol. The Morgan fingerprint density at radius 3 is 2.89 bits per heavy atom. The number of aromatic hydroxyl groups is 1. The number of allylic oxidation sites excluding steroid dienone is 1. The molecule has 1 aromatic heterocycles. The maximum Gasteiger partial charge on any atom is 0.325 e. The summed E-state index contributed by atoms with van der Waals surface area (Å²) in [6.45, 7) is 1.55. The van der Waals surface area contributed by atoms with Crippen molar-refractivity contribution >= 4 is 59.0 Å². The van der Waals surface area contributed by atoms with Crippen LogP contribution in [-0.4, -0.2) is 38.9 Å². The second kappa shape index (κ2) is 7.85. The standard InChI is InChI=1S/C18H17N3O4S2/c1-10(17(24)25)20-15(22)6-7-21-16(23)14(27-18(21)26)8-11-9-19-13-5-3-2-4-12(11)13/h2-5,8-10,23H,6-7H2,1H3,(H,20,22)(H,24,25)/b11-8-. The number of carbonyl (C=O) groups excluding carboxylic acids is 1. The van der Waals surface area contributed by atoms with Crippen LogP contribution in [0.5, 0.6) is 5.88 Å². The summed E-state index contributed by atoms with van der Waals surface area (Å²) in [6.07, 6.45) is 3.56. The van der Waals surface area contributed by atoms with Crippen LogP contribution in [0.15, 0.2) is 29.3 Å². The first-order chi connectivity index (χ1) is 12.9. The number of nitrogens with one attached hydrogen (secondary N) is 1. The number of aliphatic imine (C=N–C) groups is 1. The van der Waals surface area contributed by atoms with Crippen LogP contribution < -0.4 is 5.32 Å². The van der Waals surface area contributed by atoms with E-state index in [0.717, 1.165) is 16.8 Å². The predicted octanol–water partition coefficient (Wildman–Crippen LogP) is 3.22. The van der Waals surface area contributed by atoms with Crippen LogP contribution in [0.3, 0.4) is 0 Å². The topological polar surface area (TPSA) is 104 Å². The number of nitrogens with zero attached hydrogens (tertiary/aromatic N) is 2. The second-order valence-corrected chi connectivity index (χ2v) is 7.64. The quantitative estimate of drug-likeness (QED) is 0.643. The first-order valence-electron chi connectivity index (χ1n) is 8.16. The van der Waals surface area contributed by atoms with E-state index in [4.69, 9.17) is 17.3 Å². The van der Waals surface area contributed by atoms with Gasteiger partial charge in [0.2, 0.25) is 11.8 Å². The van der Waals surface area contributed by atoms with Crippen molar-refractivity contribution in [1.29, 1.82) is 0 Å². The third-order valence-corrected chi connectivity index (χ3v) is 5.43. The molecule has 1 atom stereocenters. The normalized spacial score (nSPS) is 14.9. The van der Waals surface area contributed by atoms with Gasteiger partial charge in [-0.2, -0.15) is 0 Å². The van der Waals surface area contributed by atoms with Gasteiger partial charge >= 0.3 is 5.97 Å². The maximum atomic E-state index is 11.8. The van der Waals surface area contributed by atoms with Crippen molar-refractivity contribution in [2.75, 3.05) is 0 Å². The number of aromatic nitrogens is 1. The fraction of sp³-hybridized carbons (Fsp3) is 0.222. The third kappa shape index (κ3) is 4.15. The van der Waals surface area contributed by atoms with Crippen LogP contribution in [0, 0.1) is 3.95 Å². The zero-order valence-corrected chi connectivity index (χ0v) is 16.0. The van der Waals surface area contributed by atoms with E-state index < -0.39 is 17.9 Å². The number of rotatable bonds is 6. The number of thiazole rings is 1. The number of carbonyl (C=O) groups is 2. The van der Waals surface area contributed by atoms with Crippen molar-refractivity contribution in [2.24, 2.45) is 4.99 Å². The Balaban J connectivity index is 1.76. The molecule has 3 rings (SSSR count). The molecule has 0 saturated heterocycles. The van der Waals surface area contributed by atoms with E-state index in [1.807, 2.05) is 30.3 Å². The van der Waals surface area contributed by atoms with Gasteiger partial charge in [-0.25, -0.2) is 0 Å². The molecule has 0 radical (unpaired) electrons. The van der Waals surface area contributed by atoms with Gasteiger partial charge in [-0.05, 0) is 31.3 Å². The van der Waals surface area contributed by atoms with Gasteiger partial charge in [-0.15, -0.1) is 11.3 Å². The number of carboxylic acids is 1. The molecule has 2 heterocycles. The molecule has 0 spiro atoms. The lowest BCUT2D eigenvalue weighted by Crippen LogP contribution is -2.38. The van der Waals surface area contributed by atoms with Gasteiger partial charge in [-0.1, -0.05) is 18.2 Å². The van der Waals surface area contributed by atoms with Gasteiger partial charge in [0.15, 0.2) is 3.95 Å². The van der Waals surface area contributed by atoms with Crippen molar-refractivity contribution in [2.45, 2.75) is 25.9 Å². The summed E-state index contributed by atoms with van der Waals surface area (Å²) in [6, 6.07) is 6.73. The SMILES string of the molecule is CC(NC(=O)CCn1c(O)c(/C=C2/C=Nc3ccccc32)sc1=S)C(=O)O. The van der Waals surface area contributed by atoms with E-state index in [1.54, 1.807) is 6.21 Å². The molecule has 0 saturated carbocycles. The molecule has 1 amide bonds. The van der Waals surface area contributed by atoms with Gasteiger partial charge < -0.3 is 15.5 Å². The summed E-state index contributed by atoms with van der Waals surface area (Å²) >= 11 is 6.53. The molecule has 0 bridgehead atoms. The molecule has 1 aromatic carbocycles. The molecule has 1 aliphatic heterocycles.